The Morgan fingerprint density at radius 2 is 2.35 bits per heavy atom. The number of aryl methyl sites for hydroxylation is 1. The van der Waals surface area contributed by atoms with Crippen LogP contribution >= 0.6 is 11.3 Å². The second-order valence-electron chi connectivity index (χ2n) is 4.90. The van der Waals surface area contributed by atoms with Crippen LogP contribution in [0.5, 0.6) is 0 Å². The number of anilines is 1. The summed E-state index contributed by atoms with van der Waals surface area (Å²) >= 11 is 1.50. The highest BCUT2D eigenvalue weighted by Gasteiger charge is 2.32. The first-order valence-electron chi connectivity index (χ1n) is 6.41. The molecule has 1 saturated heterocycles. The molecule has 2 aromatic heterocycles. The number of nitrogens with zero attached hydrogens (tertiary/aromatic N) is 2. The van der Waals surface area contributed by atoms with Gasteiger partial charge in [0.15, 0.2) is 15.7 Å². The predicted molar refractivity (Wildman–Crippen MR) is 77.4 cm³/mol. The van der Waals surface area contributed by atoms with Crippen LogP contribution in [0.4, 0.5) is 5.00 Å². The van der Waals surface area contributed by atoms with E-state index < -0.39 is 9.84 Å². The summed E-state index contributed by atoms with van der Waals surface area (Å²) in [5.74, 6) is 0.971. The first-order valence-corrected chi connectivity index (χ1v) is 9.05. The van der Waals surface area contributed by atoms with Crippen LogP contribution in [-0.4, -0.2) is 30.1 Å². The fourth-order valence-corrected chi connectivity index (χ4v) is 4.91. The van der Waals surface area contributed by atoms with Crippen molar-refractivity contribution >= 4 is 26.2 Å². The van der Waals surface area contributed by atoms with Gasteiger partial charge >= 0.3 is 0 Å². The van der Waals surface area contributed by atoms with E-state index in [0.717, 1.165) is 16.9 Å². The second kappa shape index (κ2) is 4.85. The minimum atomic E-state index is -2.95. The zero-order valence-electron chi connectivity index (χ0n) is 11.0. The lowest BCUT2D eigenvalue weighted by molar-refractivity contribution is 0.418. The molecule has 0 radical (unpaired) electrons. The summed E-state index contributed by atoms with van der Waals surface area (Å²) in [5.41, 5.74) is 6.69. The molecule has 0 amide bonds. The summed E-state index contributed by atoms with van der Waals surface area (Å²) in [7, 11) is -2.95. The average molecular weight is 313 g/mol. The lowest BCUT2D eigenvalue weighted by Crippen LogP contribution is -2.05. The lowest BCUT2D eigenvalue weighted by Gasteiger charge is -1.98. The van der Waals surface area contributed by atoms with E-state index in [1.165, 1.54) is 11.3 Å². The topological polar surface area (TPSA) is 99.1 Å². The Labute approximate surface area is 120 Å². The number of thiophene rings is 1. The van der Waals surface area contributed by atoms with Crippen molar-refractivity contribution in [2.45, 2.75) is 25.7 Å². The Kier molecular flexibility index (Phi) is 3.29. The van der Waals surface area contributed by atoms with Crippen LogP contribution in [0.2, 0.25) is 0 Å². The third-order valence-electron chi connectivity index (χ3n) is 3.43. The number of nitrogens with two attached hydrogens (primary N) is 1. The smallest absolute Gasteiger partial charge is 0.260 e. The van der Waals surface area contributed by atoms with E-state index in [0.29, 0.717) is 23.1 Å². The van der Waals surface area contributed by atoms with Crippen LogP contribution in [-0.2, 0) is 16.3 Å². The highest BCUT2D eigenvalue weighted by Crippen LogP contribution is 2.35. The molecule has 1 unspecified atom stereocenters. The van der Waals surface area contributed by atoms with Crippen LogP contribution in [0, 0.1) is 0 Å². The molecule has 1 atom stereocenters. The molecular formula is C12H15N3O3S2. The van der Waals surface area contributed by atoms with Gasteiger partial charge in [-0.3, -0.25) is 0 Å². The van der Waals surface area contributed by atoms with Crippen molar-refractivity contribution in [3.8, 4) is 11.5 Å². The van der Waals surface area contributed by atoms with Gasteiger partial charge in [-0.05, 0) is 18.9 Å². The molecule has 0 saturated carbocycles. The summed E-state index contributed by atoms with van der Waals surface area (Å²) in [5, 5.41) is 4.56. The minimum Gasteiger partial charge on any atom is -0.390 e. The van der Waals surface area contributed by atoms with Crippen LogP contribution in [0.25, 0.3) is 11.5 Å². The normalized spacial score (nSPS) is 21.4. The molecular weight excluding hydrogens is 298 g/mol. The Morgan fingerprint density at radius 1 is 1.55 bits per heavy atom. The van der Waals surface area contributed by atoms with Crippen LogP contribution in [0.3, 0.4) is 0 Å². The number of hydrogen-bond acceptors (Lipinski definition) is 7. The van der Waals surface area contributed by atoms with Crippen molar-refractivity contribution in [1.29, 1.82) is 0 Å². The molecule has 3 rings (SSSR count). The van der Waals surface area contributed by atoms with Crippen molar-refractivity contribution in [2.24, 2.45) is 0 Å². The van der Waals surface area contributed by atoms with Crippen LogP contribution in [0.15, 0.2) is 10.6 Å². The van der Waals surface area contributed by atoms with E-state index in [4.69, 9.17) is 10.3 Å². The molecule has 1 aliphatic rings. The SMILES string of the molecule is CCc1cc(-c2nc(C3CCS(=O)(=O)C3)no2)c(N)s1. The summed E-state index contributed by atoms with van der Waals surface area (Å²) in [6.45, 7) is 2.05. The van der Waals surface area contributed by atoms with Crippen molar-refractivity contribution in [1.82, 2.24) is 10.1 Å². The number of sulfone groups is 1. The molecule has 0 aliphatic carbocycles. The second-order valence-corrected chi connectivity index (χ2v) is 8.30. The van der Waals surface area contributed by atoms with Gasteiger partial charge in [-0.15, -0.1) is 11.3 Å². The Bertz CT molecular complexity index is 733. The van der Waals surface area contributed by atoms with Crippen molar-refractivity contribution in [3.05, 3.63) is 16.8 Å². The maximum Gasteiger partial charge on any atom is 0.260 e. The maximum absolute atomic E-state index is 11.5. The van der Waals surface area contributed by atoms with Gasteiger partial charge in [-0.1, -0.05) is 12.1 Å². The van der Waals surface area contributed by atoms with E-state index >= 15 is 0 Å². The van der Waals surface area contributed by atoms with Gasteiger partial charge in [0.2, 0.25) is 0 Å². The van der Waals surface area contributed by atoms with E-state index in [9.17, 15) is 8.42 Å². The largest absolute Gasteiger partial charge is 0.390 e. The number of nitrogen functional groups attached to an aromatic ring is 1. The fraction of sp³-hybridized carbons (Fsp3) is 0.500. The molecule has 108 valence electrons. The van der Waals surface area contributed by atoms with Gasteiger partial charge < -0.3 is 10.3 Å². The monoisotopic (exact) mass is 313 g/mol. The summed E-state index contributed by atoms with van der Waals surface area (Å²) in [4.78, 5) is 5.47. The number of hydrogen-bond donors (Lipinski definition) is 1. The van der Waals surface area contributed by atoms with Crippen LogP contribution < -0.4 is 5.73 Å². The first kappa shape index (κ1) is 13.6. The molecule has 1 aliphatic heterocycles. The van der Waals surface area contributed by atoms with Gasteiger partial charge in [-0.25, -0.2) is 8.42 Å². The van der Waals surface area contributed by atoms with E-state index in [1.807, 2.05) is 6.07 Å². The van der Waals surface area contributed by atoms with Crippen LogP contribution in [0.1, 0.15) is 30.0 Å². The molecule has 2 aromatic rings. The molecule has 2 N–H and O–H groups in total. The third kappa shape index (κ3) is 2.45. The lowest BCUT2D eigenvalue weighted by atomic mass is 10.1. The molecule has 1 fully saturated rings. The van der Waals surface area contributed by atoms with Gasteiger partial charge in [-0.2, -0.15) is 4.98 Å². The van der Waals surface area contributed by atoms with Crippen molar-refractivity contribution in [2.75, 3.05) is 17.2 Å². The van der Waals surface area contributed by atoms with Gasteiger partial charge in [0.05, 0.1) is 22.1 Å². The molecule has 20 heavy (non-hydrogen) atoms. The third-order valence-corrected chi connectivity index (χ3v) is 6.31. The molecule has 0 aromatic carbocycles. The van der Waals surface area contributed by atoms with Crippen molar-refractivity contribution < 1.29 is 12.9 Å². The predicted octanol–water partition coefficient (Wildman–Crippen LogP) is 1.84. The number of rotatable bonds is 3. The van der Waals surface area contributed by atoms with Gasteiger partial charge in [0, 0.05) is 10.8 Å². The average Bonchev–Trinajstić information content (AvgIpc) is 3.07. The standard InChI is InChI=1S/C12H15N3O3S2/c1-2-8-5-9(10(13)19-8)12-14-11(15-18-12)7-3-4-20(16,17)6-7/h5,7H,2-4,6,13H2,1H3. The molecule has 0 spiro atoms. The van der Waals surface area contributed by atoms with Gasteiger partial charge in [0.1, 0.15) is 0 Å². The zero-order chi connectivity index (χ0) is 14.3. The Balaban J connectivity index is 1.88. The maximum atomic E-state index is 11.5. The summed E-state index contributed by atoms with van der Waals surface area (Å²) < 4.78 is 28.2. The van der Waals surface area contributed by atoms with E-state index in [2.05, 4.69) is 17.1 Å². The first-order chi connectivity index (χ1) is 9.48. The molecule has 8 heteroatoms. The van der Waals surface area contributed by atoms with E-state index in [-0.39, 0.29) is 17.4 Å². The quantitative estimate of drug-likeness (QED) is 0.928. The number of aromatic nitrogens is 2. The molecule has 0 bridgehead atoms. The minimum absolute atomic E-state index is 0.102. The van der Waals surface area contributed by atoms with Gasteiger partial charge in [0.25, 0.3) is 5.89 Å². The van der Waals surface area contributed by atoms with E-state index in [1.54, 1.807) is 0 Å². The fourth-order valence-electron chi connectivity index (χ4n) is 2.31. The molecule has 6 nitrogen and oxygen atoms in total. The Hall–Kier alpha value is -1.41. The summed E-state index contributed by atoms with van der Waals surface area (Å²) in [6.07, 6.45) is 1.46. The van der Waals surface area contributed by atoms with Crippen molar-refractivity contribution in [3.63, 3.8) is 0 Å². The highest BCUT2D eigenvalue weighted by atomic mass is 32.2. The zero-order valence-corrected chi connectivity index (χ0v) is 12.6. The highest BCUT2D eigenvalue weighted by molar-refractivity contribution is 7.91. The Morgan fingerprint density at radius 3 is 2.95 bits per heavy atom. The summed E-state index contributed by atoms with van der Waals surface area (Å²) in [6, 6.07) is 1.95. The molecule has 3 heterocycles.